The Morgan fingerprint density at radius 1 is 1.19 bits per heavy atom. The summed E-state index contributed by atoms with van der Waals surface area (Å²) in [7, 11) is 1.42. The molecule has 2 aromatic carbocycles. The smallest absolute Gasteiger partial charge is 0.314 e. The third-order valence-corrected chi connectivity index (χ3v) is 4.13. The van der Waals surface area contributed by atoms with Crippen LogP contribution in [0.5, 0.6) is 11.5 Å². The van der Waals surface area contributed by atoms with Crippen molar-refractivity contribution < 1.29 is 19.2 Å². The zero-order chi connectivity index (χ0) is 19.8. The molecule has 7 nitrogen and oxygen atoms in total. The molecule has 0 saturated carbocycles. The number of benzene rings is 2. The average molecular weight is 372 g/mol. The molecule has 0 aliphatic rings. The van der Waals surface area contributed by atoms with E-state index in [4.69, 9.17) is 9.47 Å². The van der Waals surface area contributed by atoms with Crippen LogP contribution in [0.2, 0.25) is 0 Å². The van der Waals surface area contributed by atoms with Crippen molar-refractivity contribution in [3.8, 4) is 11.5 Å². The van der Waals surface area contributed by atoms with Crippen LogP contribution in [0.1, 0.15) is 25.8 Å². The lowest BCUT2D eigenvalue weighted by molar-refractivity contribution is -0.386. The lowest BCUT2D eigenvalue weighted by Gasteiger charge is -2.19. The summed E-state index contributed by atoms with van der Waals surface area (Å²) in [6.07, 6.45) is 0.767. The number of amides is 1. The van der Waals surface area contributed by atoms with E-state index in [-0.39, 0.29) is 23.4 Å². The van der Waals surface area contributed by atoms with Gasteiger partial charge in [-0.1, -0.05) is 30.3 Å². The van der Waals surface area contributed by atoms with Crippen LogP contribution in [-0.4, -0.2) is 30.1 Å². The summed E-state index contributed by atoms with van der Waals surface area (Å²) in [5.41, 5.74) is 0.961. The molecule has 0 aromatic heterocycles. The van der Waals surface area contributed by atoms with Crippen molar-refractivity contribution in [1.29, 1.82) is 0 Å². The molecule has 0 bridgehead atoms. The topological polar surface area (TPSA) is 90.7 Å². The van der Waals surface area contributed by atoms with Gasteiger partial charge >= 0.3 is 5.69 Å². The van der Waals surface area contributed by atoms with Crippen LogP contribution in [0.15, 0.2) is 48.5 Å². The molecule has 1 N–H and O–H groups in total. The van der Waals surface area contributed by atoms with Gasteiger partial charge in [0.2, 0.25) is 0 Å². The Labute approximate surface area is 158 Å². The maximum Gasteiger partial charge on any atom is 0.314 e. The van der Waals surface area contributed by atoms with Crippen molar-refractivity contribution in [3.63, 3.8) is 0 Å². The first-order valence-electron chi connectivity index (χ1n) is 8.74. The van der Waals surface area contributed by atoms with E-state index in [1.165, 1.54) is 24.8 Å². The second-order valence-corrected chi connectivity index (χ2v) is 6.28. The van der Waals surface area contributed by atoms with Crippen LogP contribution in [-0.2, 0) is 11.2 Å². The summed E-state index contributed by atoms with van der Waals surface area (Å²) >= 11 is 0. The van der Waals surface area contributed by atoms with E-state index < -0.39 is 11.0 Å². The van der Waals surface area contributed by atoms with Gasteiger partial charge in [0.1, 0.15) is 5.75 Å². The molecule has 2 aromatic rings. The summed E-state index contributed by atoms with van der Waals surface area (Å²) in [6.45, 7) is 3.48. The fourth-order valence-electron chi connectivity index (χ4n) is 2.57. The Morgan fingerprint density at radius 3 is 2.52 bits per heavy atom. The standard InChI is InChI=1S/C20H24N2O5/c1-14(9-10-16-7-5-4-6-8-16)21-20(23)15(2)27-19-12-11-17(26-3)13-18(19)22(24)25/h4-8,11-15H,9-10H2,1-3H3,(H,21,23)/t14-,15-/m1/s1. The van der Waals surface area contributed by atoms with Gasteiger partial charge in [-0.2, -0.15) is 0 Å². The highest BCUT2D eigenvalue weighted by Crippen LogP contribution is 2.31. The second kappa shape index (κ2) is 9.56. The minimum absolute atomic E-state index is 0.0281. The Morgan fingerprint density at radius 2 is 1.89 bits per heavy atom. The largest absolute Gasteiger partial charge is 0.496 e. The number of rotatable bonds is 9. The minimum Gasteiger partial charge on any atom is -0.496 e. The molecule has 2 atom stereocenters. The summed E-state index contributed by atoms with van der Waals surface area (Å²) in [5, 5.41) is 14.1. The summed E-state index contributed by atoms with van der Waals surface area (Å²) in [5.74, 6) is 0.0572. The van der Waals surface area contributed by atoms with Gasteiger partial charge in [-0.15, -0.1) is 0 Å². The normalized spacial score (nSPS) is 12.7. The molecule has 0 aliphatic carbocycles. The van der Waals surface area contributed by atoms with Crippen molar-refractivity contribution in [1.82, 2.24) is 5.32 Å². The first-order chi connectivity index (χ1) is 12.9. The number of carbonyl (C=O) groups excluding carboxylic acids is 1. The van der Waals surface area contributed by atoms with Gasteiger partial charge in [-0.25, -0.2) is 0 Å². The van der Waals surface area contributed by atoms with E-state index in [1.807, 2.05) is 37.3 Å². The number of aryl methyl sites for hydroxylation is 1. The van der Waals surface area contributed by atoms with Gasteiger partial charge in [-0.05, 0) is 44.4 Å². The first-order valence-corrected chi connectivity index (χ1v) is 8.74. The molecule has 0 heterocycles. The minimum atomic E-state index is -0.865. The van der Waals surface area contributed by atoms with E-state index in [1.54, 1.807) is 13.0 Å². The molecule has 1 amide bonds. The zero-order valence-electron chi connectivity index (χ0n) is 15.7. The number of hydrogen-bond acceptors (Lipinski definition) is 5. The summed E-state index contributed by atoms with van der Waals surface area (Å²) in [6, 6.07) is 14.2. The lowest BCUT2D eigenvalue weighted by atomic mass is 10.1. The van der Waals surface area contributed by atoms with Gasteiger partial charge < -0.3 is 14.8 Å². The van der Waals surface area contributed by atoms with Crippen LogP contribution in [0.3, 0.4) is 0 Å². The maximum atomic E-state index is 12.3. The Bertz CT molecular complexity index is 779. The highest BCUT2D eigenvalue weighted by atomic mass is 16.6. The monoisotopic (exact) mass is 372 g/mol. The Kier molecular flexibility index (Phi) is 7.16. The Hall–Kier alpha value is -3.09. The van der Waals surface area contributed by atoms with Gasteiger partial charge in [0.15, 0.2) is 11.9 Å². The van der Waals surface area contributed by atoms with Crippen LogP contribution >= 0.6 is 0 Å². The van der Waals surface area contributed by atoms with E-state index in [9.17, 15) is 14.9 Å². The maximum absolute atomic E-state index is 12.3. The first kappa shape index (κ1) is 20.2. The molecule has 2 rings (SSSR count). The van der Waals surface area contributed by atoms with Crippen molar-refractivity contribution in [2.24, 2.45) is 0 Å². The fourth-order valence-corrected chi connectivity index (χ4v) is 2.57. The quantitative estimate of drug-likeness (QED) is 0.537. The average Bonchev–Trinajstić information content (AvgIpc) is 2.67. The van der Waals surface area contributed by atoms with Gasteiger partial charge in [-0.3, -0.25) is 14.9 Å². The predicted molar refractivity (Wildman–Crippen MR) is 102 cm³/mol. The van der Waals surface area contributed by atoms with Crippen molar-refractivity contribution in [3.05, 3.63) is 64.2 Å². The highest BCUT2D eigenvalue weighted by molar-refractivity contribution is 5.81. The van der Waals surface area contributed by atoms with E-state index >= 15 is 0 Å². The lowest BCUT2D eigenvalue weighted by Crippen LogP contribution is -2.41. The molecule has 0 fully saturated rings. The van der Waals surface area contributed by atoms with Crippen molar-refractivity contribution >= 4 is 11.6 Å². The molecule has 0 unspecified atom stereocenters. The number of ether oxygens (including phenoxy) is 2. The van der Waals surface area contributed by atoms with E-state index in [2.05, 4.69) is 5.32 Å². The summed E-state index contributed by atoms with van der Waals surface area (Å²) in [4.78, 5) is 23.0. The fraction of sp³-hybridized carbons (Fsp3) is 0.350. The third-order valence-electron chi connectivity index (χ3n) is 4.13. The molecular formula is C20H24N2O5. The van der Waals surface area contributed by atoms with Gasteiger partial charge in [0.25, 0.3) is 5.91 Å². The number of nitro benzene ring substituents is 1. The van der Waals surface area contributed by atoms with E-state index in [0.717, 1.165) is 12.8 Å². The molecule has 7 heteroatoms. The zero-order valence-corrected chi connectivity index (χ0v) is 15.7. The molecule has 144 valence electrons. The Balaban J connectivity index is 1.92. The van der Waals surface area contributed by atoms with Crippen LogP contribution in [0.25, 0.3) is 0 Å². The highest BCUT2D eigenvalue weighted by Gasteiger charge is 2.22. The van der Waals surface area contributed by atoms with Crippen molar-refractivity contribution in [2.45, 2.75) is 38.8 Å². The summed E-state index contributed by atoms with van der Waals surface area (Å²) < 4.78 is 10.5. The third kappa shape index (κ3) is 5.99. The number of nitro groups is 1. The molecule has 0 radical (unpaired) electrons. The van der Waals surface area contributed by atoms with Crippen LogP contribution in [0, 0.1) is 10.1 Å². The predicted octanol–water partition coefficient (Wildman–Crippen LogP) is 3.51. The van der Waals surface area contributed by atoms with Gasteiger partial charge in [0.05, 0.1) is 18.1 Å². The number of hydrogen-bond donors (Lipinski definition) is 1. The number of nitrogens with one attached hydrogen (secondary N) is 1. The van der Waals surface area contributed by atoms with Crippen LogP contribution in [0.4, 0.5) is 5.69 Å². The molecule has 0 saturated heterocycles. The number of nitrogens with zero attached hydrogens (tertiary/aromatic N) is 1. The molecular weight excluding hydrogens is 348 g/mol. The number of methoxy groups -OCH3 is 1. The molecule has 27 heavy (non-hydrogen) atoms. The van der Waals surface area contributed by atoms with E-state index in [0.29, 0.717) is 5.75 Å². The van der Waals surface area contributed by atoms with Crippen molar-refractivity contribution in [2.75, 3.05) is 7.11 Å². The van der Waals surface area contributed by atoms with Crippen LogP contribution < -0.4 is 14.8 Å². The molecule has 0 aliphatic heterocycles. The second-order valence-electron chi connectivity index (χ2n) is 6.28. The SMILES string of the molecule is COc1ccc(O[C@H](C)C(=O)N[C@H](C)CCc2ccccc2)c([N+](=O)[O-])c1. The number of carbonyl (C=O) groups is 1. The van der Waals surface area contributed by atoms with Gasteiger partial charge in [0, 0.05) is 6.04 Å². The molecule has 0 spiro atoms.